The van der Waals surface area contributed by atoms with E-state index in [-0.39, 0.29) is 11.7 Å². The molecule has 4 nitrogen and oxygen atoms in total. The van der Waals surface area contributed by atoms with Crippen molar-refractivity contribution in [3.63, 3.8) is 0 Å². The average molecular weight is 347 g/mol. The first-order valence-electron chi connectivity index (χ1n) is 7.73. The third-order valence-electron chi connectivity index (χ3n) is 4.27. The van der Waals surface area contributed by atoms with Crippen molar-refractivity contribution in [2.75, 3.05) is 0 Å². The zero-order valence-corrected chi connectivity index (χ0v) is 15.7. The lowest BCUT2D eigenvalue weighted by Crippen LogP contribution is -2.33. The summed E-state index contributed by atoms with van der Waals surface area (Å²) in [6.45, 7) is 8.60. The quantitative estimate of drug-likeness (QED) is 0.630. The standard InChI is InChI=1S/C17H22N2O2SSi/c1-13-7-9-15(10-8-13)22(20,21)19-16(17(19)23(2,3)4)14-6-5-11-18-12-14/h5-12,16-17H,1-4H3/t16-,17+,19?/m0/s1. The van der Waals surface area contributed by atoms with Gasteiger partial charge < -0.3 is 0 Å². The van der Waals surface area contributed by atoms with Crippen molar-refractivity contribution in [2.45, 2.75) is 43.2 Å². The van der Waals surface area contributed by atoms with Crippen LogP contribution in [-0.2, 0) is 10.0 Å². The maximum atomic E-state index is 13.1. The van der Waals surface area contributed by atoms with Crippen LogP contribution in [0, 0.1) is 6.92 Å². The number of hydrogen-bond acceptors (Lipinski definition) is 3. The van der Waals surface area contributed by atoms with Crippen molar-refractivity contribution in [2.24, 2.45) is 0 Å². The first-order valence-corrected chi connectivity index (χ1v) is 12.7. The van der Waals surface area contributed by atoms with Crippen LogP contribution in [0.4, 0.5) is 0 Å². The third kappa shape index (κ3) is 2.98. The Labute approximate surface area is 139 Å². The molecule has 122 valence electrons. The summed E-state index contributed by atoms with van der Waals surface area (Å²) in [6.07, 6.45) is 3.50. The molecule has 3 rings (SSSR count). The Bertz CT molecular complexity index is 799. The summed E-state index contributed by atoms with van der Waals surface area (Å²) in [5, 5.41) is 0. The molecule has 0 N–H and O–H groups in total. The van der Waals surface area contributed by atoms with E-state index in [2.05, 4.69) is 24.6 Å². The average Bonchev–Trinajstić information content (AvgIpc) is 3.25. The highest BCUT2D eigenvalue weighted by Crippen LogP contribution is 2.51. The van der Waals surface area contributed by atoms with Crippen molar-refractivity contribution in [3.8, 4) is 0 Å². The molecule has 0 saturated carbocycles. The Kier molecular flexibility index (Phi) is 3.94. The molecule has 1 saturated heterocycles. The van der Waals surface area contributed by atoms with E-state index in [0.29, 0.717) is 4.90 Å². The number of nitrogens with zero attached hydrogens (tertiary/aromatic N) is 2. The fourth-order valence-corrected chi connectivity index (χ4v) is 8.31. The largest absolute Gasteiger partial charge is 0.264 e. The molecule has 0 spiro atoms. The molecule has 0 amide bonds. The Hall–Kier alpha value is -1.50. The highest BCUT2D eigenvalue weighted by Gasteiger charge is 2.61. The maximum Gasteiger partial charge on any atom is 0.243 e. The molecule has 0 aliphatic carbocycles. The van der Waals surface area contributed by atoms with Gasteiger partial charge in [-0.2, -0.15) is 4.31 Å². The van der Waals surface area contributed by atoms with E-state index in [1.165, 1.54) is 0 Å². The monoisotopic (exact) mass is 346 g/mol. The molecule has 3 atom stereocenters. The molecule has 0 bridgehead atoms. The van der Waals surface area contributed by atoms with Gasteiger partial charge in [0.2, 0.25) is 10.0 Å². The van der Waals surface area contributed by atoms with E-state index in [4.69, 9.17) is 0 Å². The van der Waals surface area contributed by atoms with Crippen LogP contribution in [-0.4, -0.2) is 31.4 Å². The van der Waals surface area contributed by atoms with Crippen molar-refractivity contribution < 1.29 is 8.42 Å². The highest BCUT2D eigenvalue weighted by atomic mass is 32.2. The van der Waals surface area contributed by atoms with Crippen molar-refractivity contribution in [3.05, 3.63) is 59.9 Å². The van der Waals surface area contributed by atoms with Gasteiger partial charge in [0, 0.05) is 18.1 Å². The van der Waals surface area contributed by atoms with Gasteiger partial charge in [0.05, 0.1) is 19.0 Å². The SMILES string of the molecule is Cc1ccc(S(=O)(=O)N2[C@H]([Si](C)(C)C)[C@@H]2c2cccnc2)cc1. The van der Waals surface area contributed by atoms with Crippen molar-refractivity contribution in [1.82, 2.24) is 9.29 Å². The fraction of sp³-hybridized carbons (Fsp3) is 0.353. The lowest BCUT2D eigenvalue weighted by atomic mass is 10.2. The summed E-state index contributed by atoms with van der Waals surface area (Å²) in [5.74, 6) is 0. The fourth-order valence-electron chi connectivity index (χ4n) is 3.08. The number of hydrogen-bond donors (Lipinski definition) is 0. The normalized spacial score (nSPS) is 24.4. The van der Waals surface area contributed by atoms with Gasteiger partial charge in [-0.05, 0) is 30.7 Å². The summed E-state index contributed by atoms with van der Waals surface area (Å²) < 4.78 is 27.8. The molecule has 2 heterocycles. The van der Waals surface area contributed by atoms with Crippen LogP contribution < -0.4 is 0 Å². The smallest absolute Gasteiger partial charge is 0.243 e. The predicted molar refractivity (Wildman–Crippen MR) is 94.3 cm³/mol. The van der Waals surface area contributed by atoms with Gasteiger partial charge >= 0.3 is 0 Å². The zero-order valence-electron chi connectivity index (χ0n) is 13.9. The van der Waals surface area contributed by atoms with Gasteiger partial charge in [0.25, 0.3) is 0 Å². The Balaban J connectivity index is 2.01. The molecule has 1 fully saturated rings. The van der Waals surface area contributed by atoms with Gasteiger partial charge in [-0.1, -0.05) is 43.4 Å². The van der Waals surface area contributed by atoms with E-state index in [1.54, 1.807) is 28.8 Å². The van der Waals surface area contributed by atoms with Crippen LogP contribution in [0.1, 0.15) is 17.2 Å². The maximum absolute atomic E-state index is 13.1. The van der Waals surface area contributed by atoms with Gasteiger partial charge in [0.15, 0.2) is 0 Å². The molecule has 1 aromatic carbocycles. The van der Waals surface area contributed by atoms with E-state index in [9.17, 15) is 8.42 Å². The molecule has 1 aromatic heterocycles. The van der Waals surface area contributed by atoms with Crippen LogP contribution in [0.15, 0.2) is 53.7 Å². The lowest BCUT2D eigenvalue weighted by Gasteiger charge is -2.15. The van der Waals surface area contributed by atoms with E-state index >= 15 is 0 Å². The van der Waals surface area contributed by atoms with Crippen molar-refractivity contribution >= 4 is 18.1 Å². The lowest BCUT2D eigenvalue weighted by molar-refractivity contribution is 0.551. The van der Waals surface area contributed by atoms with Crippen LogP contribution in [0.5, 0.6) is 0 Å². The van der Waals surface area contributed by atoms with Crippen molar-refractivity contribution in [1.29, 1.82) is 0 Å². The number of pyridine rings is 1. The second-order valence-electron chi connectivity index (χ2n) is 7.19. The summed E-state index contributed by atoms with van der Waals surface area (Å²) in [7, 11) is -5.14. The van der Waals surface area contributed by atoms with Gasteiger partial charge in [0.1, 0.15) is 0 Å². The van der Waals surface area contributed by atoms with E-state index in [0.717, 1.165) is 11.1 Å². The summed E-state index contributed by atoms with van der Waals surface area (Å²) >= 11 is 0. The molecule has 1 aliphatic heterocycles. The van der Waals surface area contributed by atoms with Crippen LogP contribution in [0.2, 0.25) is 19.6 Å². The molecule has 1 aliphatic rings. The third-order valence-corrected chi connectivity index (χ3v) is 8.70. The molecule has 2 aromatic rings. The van der Waals surface area contributed by atoms with Crippen LogP contribution in [0.25, 0.3) is 0 Å². The minimum absolute atomic E-state index is 0.0815. The number of sulfonamides is 1. The van der Waals surface area contributed by atoms with Crippen LogP contribution >= 0.6 is 0 Å². The van der Waals surface area contributed by atoms with E-state index in [1.807, 2.05) is 31.2 Å². The molecule has 0 radical (unpaired) electrons. The minimum atomic E-state index is -3.47. The number of aryl methyl sites for hydroxylation is 1. The predicted octanol–water partition coefficient (Wildman–Crippen LogP) is 3.38. The first-order chi connectivity index (χ1) is 10.7. The zero-order chi connectivity index (χ0) is 16.8. The topological polar surface area (TPSA) is 50.0 Å². The number of rotatable bonds is 4. The van der Waals surface area contributed by atoms with E-state index < -0.39 is 18.1 Å². The number of aromatic nitrogens is 1. The van der Waals surface area contributed by atoms with Crippen LogP contribution in [0.3, 0.4) is 0 Å². The summed E-state index contributed by atoms with van der Waals surface area (Å²) in [6, 6.07) is 10.8. The van der Waals surface area contributed by atoms with Gasteiger partial charge in [-0.3, -0.25) is 4.98 Å². The van der Waals surface area contributed by atoms with Gasteiger partial charge in [-0.15, -0.1) is 0 Å². The number of benzene rings is 1. The summed E-state index contributed by atoms with van der Waals surface area (Å²) in [5.41, 5.74) is 2.12. The molecular weight excluding hydrogens is 324 g/mol. The Morgan fingerprint density at radius 1 is 1.09 bits per heavy atom. The molecule has 1 unspecified atom stereocenters. The Morgan fingerprint density at radius 3 is 2.26 bits per heavy atom. The molecular formula is C17H22N2O2SSi. The minimum Gasteiger partial charge on any atom is -0.264 e. The first kappa shape index (κ1) is 16.4. The second-order valence-corrected chi connectivity index (χ2v) is 14.4. The Morgan fingerprint density at radius 2 is 1.74 bits per heavy atom. The highest BCUT2D eigenvalue weighted by molar-refractivity contribution is 7.89. The molecule has 6 heteroatoms. The summed E-state index contributed by atoms with van der Waals surface area (Å²) in [4.78, 5) is 4.53. The van der Waals surface area contributed by atoms with Gasteiger partial charge in [-0.25, -0.2) is 8.42 Å². The molecule has 23 heavy (non-hydrogen) atoms. The second kappa shape index (κ2) is 5.54.